The van der Waals surface area contributed by atoms with Crippen molar-refractivity contribution in [3.63, 3.8) is 0 Å². The van der Waals surface area contributed by atoms with Crippen LogP contribution < -0.4 is 0 Å². The molecule has 0 amide bonds. The minimum atomic E-state index is -3.22. The minimum absolute atomic E-state index is 0.182. The normalized spacial score (nSPS) is 24.1. The summed E-state index contributed by atoms with van der Waals surface area (Å²) in [5, 5.41) is 0.563. The Kier molecular flexibility index (Phi) is 5.07. The van der Waals surface area contributed by atoms with Crippen molar-refractivity contribution in [1.29, 1.82) is 0 Å². The van der Waals surface area contributed by atoms with Gasteiger partial charge < -0.3 is 4.90 Å². The Bertz CT molecular complexity index is 603. The van der Waals surface area contributed by atoms with Crippen molar-refractivity contribution in [2.75, 3.05) is 38.5 Å². The second-order valence-electron chi connectivity index (χ2n) is 6.26. The number of halogens is 1. The van der Waals surface area contributed by atoms with Crippen molar-refractivity contribution in [2.45, 2.75) is 30.2 Å². The first-order valence-corrected chi connectivity index (χ1v) is 10.0. The van der Waals surface area contributed by atoms with Gasteiger partial charge in [-0.2, -0.15) is 0 Å². The van der Waals surface area contributed by atoms with E-state index >= 15 is 0 Å². The molecule has 22 heavy (non-hydrogen) atoms. The molecule has 0 unspecified atom stereocenters. The minimum Gasteiger partial charge on any atom is -0.301 e. The molecule has 2 heterocycles. The molecule has 1 atom stereocenters. The number of hydrogen-bond donors (Lipinski definition) is 0. The molecular weight excluding hydrogens is 320 g/mol. The highest BCUT2D eigenvalue weighted by molar-refractivity contribution is 7.91. The fourth-order valence-corrected chi connectivity index (χ4v) is 4.91. The van der Waals surface area contributed by atoms with Crippen molar-refractivity contribution < 1.29 is 8.42 Å². The molecule has 3 rings (SSSR count). The molecule has 1 aromatic carbocycles. The summed E-state index contributed by atoms with van der Waals surface area (Å²) < 4.78 is 24.8. The van der Waals surface area contributed by atoms with Crippen LogP contribution in [0, 0.1) is 0 Å². The van der Waals surface area contributed by atoms with Gasteiger partial charge in [0.25, 0.3) is 0 Å². The predicted octanol–water partition coefficient (Wildman–Crippen LogP) is 2.28. The molecule has 4 nitrogen and oxygen atoms in total. The number of sulfone groups is 1. The lowest BCUT2D eigenvalue weighted by atomic mass is 10.2. The summed E-state index contributed by atoms with van der Waals surface area (Å²) in [5.74, 6) is 0.182. The zero-order valence-corrected chi connectivity index (χ0v) is 14.3. The highest BCUT2D eigenvalue weighted by Gasteiger charge is 2.29. The molecule has 1 aromatic rings. The lowest BCUT2D eigenvalue weighted by Gasteiger charge is -2.25. The number of hydrogen-bond acceptors (Lipinski definition) is 4. The first-order valence-electron chi connectivity index (χ1n) is 7.99. The molecule has 2 aliphatic rings. The van der Waals surface area contributed by atoms with Crippen molar-refractivity contribution in [1.82, 2.24) is 9.80 Å². The van der Waals surface area contributed by atoms with Crippen LogP contribution in [0.1, 0.15) is 19.3 Å². The molecule has 0 bridgehead atoms. The Morgan fingerprint density at radius 3 is 2.59 bits per heavy atom. The summed E-state index contributed by atoms with van der Waals surface area (Å²) in [6, 6.07) is 7.09. The van der Waals surface area contributed by atoms with Gasteiger partial charge in [0.1, 0.15) is 0 Å². The van der Waals surface area contributed by atoms with Gasteiger partial charge in [-0.15, -0.1) is 0 Å². The highest BCUT2D eigenvalue weighted by atomic mass is 35.5. The van der Waals surface area contributed by atoms with Crippen LogP contribution in [0.3, 0.4) is 0 Å². The van der Waals surface area contributed by atoms with E-state index in [0.717, 1.165) is 26.1 Å². The van der Waals surface area contributed by atoms with Crippen LogP contribution in [0.4, 0.5) is 0 Å². The third-order valence-corrected chi connectivity index (χ3v) is 6.70. The highest BCUT2D eigenvalue weighted by Crippen LogP contribution is 2.22. The second-order valence-corrected chi connectivity index (χ2v) is 8.80. The van der Waals surface area contributed by atoms with E-state index in [1.54, 1.807) is 24.3 Å². The molecule has 122 valence electrons. The Balaban J connectivity index is 1.60. The van der Waals surface area contributed by atoms with Crippen LogP contribution in [0.5, 0.6) is 0 Å². The Labute approximate surface area is 138 Å². The maximum absolute atomic E-state index is 12.4. The van der Waals surface area contributed by atoms with Gasteiger partial charge in [-0.1, -0.05) is 11.6 Å². The number of rotatable bonds is 4. The van der Waals surface area contributed by atoms with Gasteiger partial charge in [0.05, 0.1) is 10.6 Å². The van der Waals surface area contributed by atoms with Gasteiger partial charge >= 0.3 is 0 Å². The molecular formula is C16H23ClN2O2S. The van der Waals surface area contributed by atoms with Crippen molar-refractivity contribution in [2.24, 2.45) is 0 Å². The first-order chi connectivity index (χ1) is 10.5. The summed E-state index contributed by atoms with van der Waals surface area (Å²) in [6.45, 7) is 5.00. The monoisotopic (exact) mass is 342 g/mol. The van der Waals surface area contributed by atoms with Crippen LogP contribution in [0.25, 0.3) is 0 Å². The van der Waals surface area contributed by atoms with Gasteiger partial charge in [-0.05, 0) is 63.2 Å². The molecule has 6 heteroatoms. The zero-order valence-electron chi connectivity index (χ0n) is 12.7. The molecule has 0 saturated carbocycles. The van der Waals surface area contributed by atoms with E-state index in [1.807, 2.05) is 0 Å². The van der Waals surface area contributed by atoms with E-state index in [4.69, 9.17) is 11.6 Å². The van der Waals surface area contributed by atoms with Crippen LogP contribution in [-0.4, -0.2) is 62.7 Å². The van der Waals surface area contributed by atoms with E-state index in [2.05, 4.69) is 9.80 Å². The maximum Gasteiger partial charge on any atom is 0.179 e. The first kappa shape index (κ1) is 16.2. The van der Waals surface area contributed by atoms with Gasteiger partial charge in [0, 0.05) is 24.2 Å². The zero-order chi connectivity index (χ0) is 15.6. The number of nitrogens with zero attached hydrogens (tertiary/aromatic N) is 2. The lowest BCUT2D eigenvalue weighted by molar-refractivity contribution is 0.226. The molecule has 0 aliphatic carbocycles. The summed E-state index contributed by atoms with van der Waals surface area (Å²) in [6.07, 6.45) is 3.67. The van der Waals surface area contributed by atoms with E-state index in [-0.39, 0.29) is 5.75 Å². The van der Waals surface area contributed by atoms with Crippen molar-refractivity contribution in [3.8, 4) is 0 Å². The second kappa shape index (κ2) is 6.87. The molecule has 0 N–H and O–H groups in total. The SMILES string of the molecule is O=S(=O)(CCN1CCCN2CCC[C@@H]2C1)c1ccc(Cl)cc1. The predicted molar refractivity (Wildman–Crippen MR) is 89.2 cm³/mol. The molecule has 0 aromatic heterocycles. The topological polar surface area (TPSA) is 40.6 Å². The van der Waals surface area contributed by atoms with Crippen LogP contribution in [0.2, 0.25) is 5.02 Å². The third-order valence-electron chi connectivity index (χ3n) is 4.74. The van der Waals surface area contributed by atoms with Crippen molar-refractivity contribution >= 4 is 21.4 Å². The van der Waals surface area contributed by atoms with Gasteiger partial charge in [0.2, 0.25) is 0 Å². The van der Waals surface area contributed by atoms with Crippen LogP contribution in [-0.2, 0) is 9.84 Å². The number of benzene rings is 1. The largest absolute Gasteiger partial charge is 0.301 e. The smallest absolute Gasteiger partial charge is 0.179 e. The summed E-state index contributed by atoms with van der Waals surface area (Å²) in [5.41, 5.74) is 0. The van der Waals surface area contributed by atoms with Crippen LogP contribution >= 0.6 is 11.6 Å². The molecule has 2 fully saturated rings. The van der Waals surface area contributed by atoms with E-state index in [0.29, 0.717) is 22.5 Å². The molecule has 0 radical (unpaired) electrons. The van der Waals surface area contributed by atoms with Gasteiger partial charge in [-0.3, -0.25) is 4.90 Å². The third kappa shape index (κ3) is 3.82. The molecule has 2 aliphatic heterocycles. The fraction of sp³-hybridized carbons (Fsp3) is 0.625. The Morgan fingerprint density at radius 2 is 1.82 bits per heavy atom. The lowest BCUT2D eigenvalue weighted by Crippen LogP contribution is -2.38. The van der Waals surface area contributed by atoms with E-state index < -0.39 is 9.84 Å². The van der Waals surface area contributed by atoms with Crippen molar-refractivity contribution in [3.05, 3.63) is 29.3 Å². The molecule has 2 saturated heterocycles. The Hall–Kier alpha value is -0.620. The number of fused-ring (bicyclic) bond motifs is 1. The molecule has 0 spiro atoms. The Morgan fingerprint density at radius 1 is 1.09 bits per heavy atom. The van der Waals surface area contributed by atoms with Crippen LogP contribution in [0.15, 0.2) is 29.2 Å². The average Bonchev–Trinajstić information content (AvgIpc) is 2.83. The van der Waals surface area contributed by atoms with E-state index in [1.165, 1.54) is 19.4 Å². The maximum atomic E-state index is 12.4. The summed E-state index contributed by atoms with van der Waals surface area (Å²) in [4.78, 5) is 5.26. The standard InChI is InChI=1S/C16H23ClN2O2S/c17-14-4-6-16(7-5-14)22(20,21)12-11-18-8-2-10-19-9-1-3-15(19)13-18/h4-7,15H,1-3,8-13H2/t15-/m1/s1. The van der Waals surface area contributed by atoms with Gasteiger partial charge in [-0.25, -0.2) is 8.42 Å². The van der Waals surface area contributed by atoms with Gasteiger partial charge in [0.15, 0.2) is 9.84 Å². The summed E-state index contributed by atoms with van der Waals surface area (Å²) >= 11 is 5.82. The fourth-order valence-electron chi connectivity index (χ4n) is 3.50. The quantitative estimate of drug-likeness (QED) is 0.841. The van der Waals surface area contributed by atoms with E-state index in [9.17, 15) is 8.42 Å². The summed E-state index contributed by atoms with van der Waals surface area (Å²) in [7, 11) is -3.22. The average molecular weight is 343 g/mol.